The van der Waals surface area contributed by atoms with E-state index in [2.05, 4.69) is 20.5 Å². The number of aromatic nitrogens is 4. The minimum Gasteiger partial charge on any atom is -0.480 e. The fraction of sp³-hybridized carbons (Fsp3) is 0.438. The number of carbonyl (C=O) groups is 2. The Morgan fingerprint density at radius 3 is 2.29 bits per heavy atom. The van der Waals surface area contributed by atoms with E-state index >= 15 is 0 Å². The van der Waals surface area contributed by atoms with Crippen LogP contribution in [0.2, 0.25) is 0 Å². The summed E-state index contributed by atoms with van der Waals surface area (Å²) in [6, 6.07) is 3.33. The number of carbonyl (C=O) groups excluding carboxylic acids is 1. The Bertz CT molecular complexity index is 704. The lowest BCUT2D eigenvalue weighted by atomic mass is 9.79. The molecule has 1 saturated carbocycles. The quantitative estimate of drug-likeness (QED) is 0.656. The molecule has 0 unspecified atom stereocenters. The lowest BCUT2D eigenvalue weighted by molar-refractivity contribution is -0.155. The molecular formula is C16H19N5O3. The van der Waals surface area contributed by atoms with E-state index in [0.717, 1.165) is 25.7 Å². The van der Waals surface area contributed by atoms with Crippen molar-refractivity contribution in [3.8, 4) is 5.82 Å². The predicted molar refractivity (Wildman–Crippen MR) is 85.6 cm³/mol. The normalized spacial score (nSPS) is 17.0. The number of nitrogens with zero attached hydrogens (tertiary/aromatic N) is 4. The molecule has 0 spiro atoms. The first-order chi connectivity index (χ1) is 11.6. The van der Waals surface area contributed by atoms with Gasteiger partial charge in [0.15, 0.2) is 5.82 Å². The number of hydrogen-bond donors (Lipinski definition) is 2. The van der Waals surface area contributed by atoms with Crippen LogP contribution in [0.3, 0.4) is 0 Å². The Kier molecular flexibility index (Phi) is 4.54. The van der Waals surface area contributed by atoms with E-state index in [0.29, 0.717) is 24.3 Å². The van der Waals surface area contributed by atoms with Crippen LogP contribution in [0.15, 0.2) is 30.7 Å². The molecule has 2 aromatic heterocycles. The monoisotopic (exact) mass is 329 g/mol. The predicted octanol–water partition coefficient (Wildman–Crippen LogP) is 2.03. The average molecular weight is 329 g/mol. The Morgan fingerprint density at radius 2 is 1.75 bits per heavy atom. The molecule has 1 aliphatic carbocycles. The third kappa shape index (κ3) is 3.12. The number of amides is 1. The minimum atomic E-state index is -1.35. The number of nitrogens with one attached hydrogen (secondary N) is 1. The van der Waals surface area contributed by atoms with Gasteiger partial charge in [0.25, 0.3) is 0 Å². The van der Waals surface area contributed by atoms with Gasteiger partial charge in [-0.05, 0) is 25.0 Å². The topological polar surface area (TPSA) is 110 Å². The van der Waals surface area contributed by atoms with E-state index in [9.17, 15) is 14.7 Å². The number of aliphatic carboxylic acids is 1. The molecule has 3 rings (SSSR count). The molecule has 1 aliphatic rings. The molecule has 126 valence electrons. The van der Waals surface area contributed by atoms with Gasteiger partial charge in [-0.3, -0.25) is 9.59 Å². The SMILES string of the molecule is O=C(O)C1(C(=O)Nc2ccc(-n3nccn3)nc2)CCCCCC1. The summed E-state index contributed by atoms with van der Waals surface area (Å²) in [5.74, 6) is -1.00. The van der Waals surface area contributed by atoms with Crippen LogP contribution in [0.1, 0.15) is 38.5 Å². The lowest BCUT2D eigenvalue weighted by Gasteiger charge is -2.26. The molecule has 2 aromatic rings. The number of pyridine rings is 1. The van der Waals surface area contributed by atoms with E-state index in [-0.39, 0.29) is 0 Å². The van der Waals surface area contributed by atoms with Gasteiger partial charge >= 0.3 is 5.97 Å². The second-order valence-corrected chi connectivity index (χ2v) is 5.98. The van der Waals surface area contributed by atoms with E-state index < -0.39 is 17.3 Å². The van der Waals surface area contributed by atoms with Crippen LogP contribution >= 0.6 is 0 Å². The molecule has 24 heavy (non-hydrogen) atoms. The summed E-state index contributed by atoms with van der Waals surface area (Å²) in [6.45, 7) is 0. The van der Waals surface area contributed by atoms with Crippen LogP contribution in [0.5, 0.6) is 0 Å². The number of carboxylic acids is 1. The molecule has 0 atom stereocenters. The Hall–Kier alpha value is -2.77. The van der Waals surface area contributed by atoms with Crippen LogP contribution < -0.4 is 5.32 Å². The molecule has 0 saturated heterocycles. The van der Waals surface area contributed by atoms with E-state index in [4.69, 9.17) is 0 Å². The van der Waals surface area contributed by atoms with Crippen molar-refractivity contribution in [3.05, 3.63) is 30.7 Å². The van der Waals surface area contributed by atoms with Gasteiger partial charge in [-0.2, -0.15) is 10.2 Å². The summed E-state index contributed by atoms with van der Waals surface area (Å²) in [7, 11) is 0. The summed E-state index contributed by atoms with van der Waals surface area (Å²) < 4.78 is 0. The van der Waals surface area contributed by atoms with E-state index in [1.165, 1.54) is 11.0 Å². The molecule has 1 amide bonds. The molecule has 8 nitrogen and oxygen atoms in total. The van der Waals surface area contributed by atoms with Crippen LogP contribution in [0.4, 0.5) is 5.69 Å². The Labute approximate surface area is 138 Å². The molecular weight excluding hydrogens is 310 g/mol. The van der Waals surface area contributed by atoms with Crippen molar-refractivity contribution in [3.63, 3.8) is 0 Å². The smallest absolute Gasteiger partial charge is 0.319 e. The van der Waals surface area contributed by atoms with Crippen molar-refractivity contribution < 1.29 is 14.7 Å². The minimum absolute atomic E-state index is 0.372. The largest absolute Gasteiger partial charge is 0.480 e. The van der Waals surface area contributed by atoms with Gasteiger partial charge in [0.1, 0.15) is 5.41 Å². The van der Waals surface area contributed by atoms with Crippen molar-refractivity contribution in [1.29, 1.82) is 0 Å². The maximum atomic E-state index is 12.6. The van der Waals surface area contributed by atoms with E-state index in [1.54, 1.807) is 24.5 Å². The highest BCUT2D eigenvalue weighted by Crippen LogP contribution is 2.36. The maximum Gasteiger partial charge on any atom is 0.319 e. The zero-order valence-corrected chi connectivity index (χ0v) is 13.2. The van der Waals surface area contributed by atoms with E-state index in [1.807, 2.05) is 0 Å². The van der Waals surface area contributed by atoms with Gasteiger partial charge in [-0.1, -0.05) is 25.7 Å². The van der Waals surface area contributed by atoms with Crippen LogP contribution in [0, 0.1) is 5.41 Å². The van der Waals surface area contributed by atoms with Crippen molar-refractivity contribution in [2.75, 3.05) is 5.32 Å². The number of anilines is 1. The second kappa shape index (κ2) is 6.77. The molecule has 2 heterocycles. The highest BCUT2D eigenvalue weighted by atomic mass is 16.4. The molecule has 0 aliphatic heterocycles. The van der Waals surface area contributed by atoms with Gasteiger partial charge < -0.3 is 10.4 Å². The standard InChI is InChI=1S/C16H19N5O3/c22-14(16(15(23)24)7-3-1-2-4-8-16)20-12-5-6-13(17-11-12)21-18-9-10-19-21/h5-6,9-11H,1-4,7-8H2,(H,20,22)(H,23,24). The van der Waals surface area contributed by atoms with Gasteiger partial charge in [0.05, 0.1) is 24.3 Å². The first-order valence-corrected chi connectivity index (χ1v) is 7.99. The van der Waals surface area contributed by atoms with Crippen molar-refractivity contribution in [2.45, 2.75) is 38.5 Å². The van der Waals surface area contributed by atoms with Crippen LogP contribution in [-0.2, 0) is 9.59 Å². The maximum absolute atomic E-state index is 12.6. The highest BCUT2D eigenvalue weighted by Gasteiger charge is 2.45. The molecule has 1 fully saturated rings. The summed E-state index contributed by atoms with van der Waals surface area (Å²) in [6.07, 6.45) is 8.74. The fourth-order valence-electron chi connectivity index (χ4n) is 3.03. The number of rotatable bonds is 4. The molecule has 8 heteroatoms. The Morgan fingerprint density at radius 1 is 1.08 bits per heavy atom. The summed E-state index contributed by atoms with van der Waals surface area (Å²) in [4.78, 5) is 30.0. The number of carboxylic acid groups (broad SMARTS) is 1. The van der Waals surface area contributed by atoms with Crippen molar-refractivity contribution >= 4 is 17.6 Å². The first kappa shape index (κ1) is 16.1. The van der Waals surface area contributed by atoms with Crippen molar-refractivity contribution in [2.24, 2.45) is 5.41 Å². The van der Waals surface area contributed by atoms with Crippen molar-refractivity contribution in [1.82, 2.24) is 20.0 Å². The third-order valence-electron chi connectivity index (χ3n) is 4.43. The third-order valence-corrected chi connectivity index (χ3v) is 4.43. The zero-order valence-electron chi connectivity index (χ0n) is 13.2. The molecule has 0 bridgehead atoms. The van der Waals surface area contributed by atoms with Crippen LogP contribution in [0.25, 0.3) is 5.82 Å². The fourth-order valence-corrected chi connectivity index (χ4v) is 3.03. The first-order valence-electron chi connectivity index (χ1n) is 7.99. The summed E-state index contributed by atoms with van der Waals surface area (Å²) in [5, 5.41) is 20.3. The average Bonchev–Trinajstić information content (AvgIpc) is 2.99. The Balaban J connectivity index is 1.76. The molecule has 2 N–H and O–H groups in total. The summed E-state index contributed by atoms with van der Waals surface area (Å²) >= 11 is 0. The zero-order chi connectivity index (χ0) is 17.0. The molecule has 0 aromatic carbocycles. The van der Waals surface area contributed by atoms with Gasteiger partial charge in [-0.25, -0.2) is 4.98 Å². The van der Waals surface area contributed by atoms with Gasteiger partial charge in [-0.15, -0.1) is 4.80 Å². The number of hydrogen-bond acceptors (Lipinski definition) is 5. The lowest BCUT2D eigenvalue weighted by Crippen LogP contribution is -2.42. The highest BCUT2D eigenvalue weighted by molar-refractivity contribution is 6.08. The van der Waals surface area contributed by atoms with Gasteiger partial charge in [0.2, 0.25) is 5.91 Å². The summed E-state index contributed by atoms with van der Waals surface area (Å²) in [5.41, 5.74) is -0.889. The second-order valence-electron chi connectivity index (χ2n) is 5.98. The van der Waals surface area contributed by atoms with Crippen LogP contribution in [-0.4, -0.2) is 37.0 Å². The molecule has 0 radical (unpaired) electrons. The van der Waals surface area contributed by atoms with Gasteiger partial charge in [0, 0.05) is 0 Å².